The number of carbonyl (C=O) groups excluding carboxylic acids is 1. The number of carbonyl (C=O) groups is 1. The molecular formula is C12H17N3O2S. The van der Waals surface area contributed by atoms with Gasteiger partial charge in [-0.05, 0) is 12.5 Å². The van der Waals surface area contributed by atoms with Crippen LogP contribution in [0.15, 0.2) is 18.5 Å². The molecule has 0 saturated carbocycles. The lowest BCUT2D eigenvalue weighted by molar-refractivity contribution is -0.138. The minimum Gasteiger partial charge on any atom is -0.468 e. The fourth-order valence-corrected chi connectivity index (χ4v) is 1.79. The molecule has 0 amide bonds. The SMILES string of the molecule is CCCN(CC(=O)OC)c1cnccc1C(N)=S. The maximum absolute atomic E-state index is 11.4. The van der Waals surface area contributed by atoms with Crippen molar-refractivity contribution in [2.24, 2.45) is 5.73 Å². The second-order valence-corrected chi connectivity index (χ2v) is 4.19. The van der Waals surface area contributed by atoms with E-state index in [2.05, 4.69) is 9.72 Å². The molecule has 0 atom stereocenters. The lowest BCUT2D eigenvalue weighted by atomic mass is 10.2. The molecule has 0 radical (unpaired) electrons. The Balaban J connectivity index is 3.04. The first kappa shape index (κ1) is 14.4. The van der Waals surface area contributed by atoms with E-state index in [4.69, 9.17) is 18.0 Å². The minimum atomic E-state index is -0.304. The van der Waals surface area contributed by atoms with Crippen molar-refractivity contribution in [3.05, 3.63) is 24.0 Å². The molecule has 0 unspecified atom stereocenters. The third kappa shape index (κ3) is 3.66. The van der Waals surface area contributed by atoms with E-state index < -0.39 is 0 Å². The highest BCUT2D eigenvalue weighted by Crippen LogP contribution is 2.19. The molecule has 1 heterocycles. The summed E-state index contributed by atoms with van der Waals surface area (Å²) in [6.45, 7) is 2.89. The van der Waals surface area contributed by atoms with Crippen molar-refractivity contribution in [1.82, 2.24) is 4.98 Å². The summed E-state index contributed by atoms with van der Waals surface area (Å²) < 4.78 is 4.68. The van der Waals surface area contributed by atoms with Crippen LogP contribution in [0.2, 0.25) is 0 Å². The van der Waals surface area contributed by atoms with Gasteiger partial charge in [0.25, 0.3) is 0 Å². The van der Waals surface area contributed by atoms with Gasteiger partial charge >= 0.3 is 5.97 Å². The van der Waals surface area contributed by atoms with E-state index in [1.165, 1.54) is 7.11 Å². The summed E-state index contributed by atoms with van der Waals surface area (Å²) in [6, 6.07) is 1.75. The van der Waals surface area contributed by atoms with Gasteiger partial charge in [0.1, 0.15) is 11.5 Å². The zero-order chi connectivity index (χ0) is 13.5. The Morgan fingerprint density at radius 3 is 2.89 bits per heavy atom. The van der Waals surface area contributed by atoms with Crippen LogP contribution in [0.5, 0.6) is 0 Å². The fourth-order valence-electron chi connectivity index (χ4n) is 1.62. The number of nitrogens with two attached hydrogens (primary N) is 1. The Hall–Kier alpha value is -1.69. The number of thiocarbonyl (C=S) groups is 1. The third-order valence-electron chi connectivity index (χ3n) is 2.45. The van der Waals surface area contributed by atoms with Crippen LogP contribution in [0.4, 0.5) is 5.69 Å². The summed E-state index contributed by atoms with van der Waals surface area (Å²) in [4.78, 5) is 17.6. The minimum absolute atomic E-state index is 0.158. The van der Waals surface area contributed by atoms with E-state index in [1.807, 2.05) is 11.8 Å². The van der Waals surface area contributed by atoms with E-state index >= 15 is 0 Å². The Morgan fingerprint density at radius 2 is 2.33 bits per heavy atom. The number of hydrogen-bond acceptors (Lipinski definition) is 5. The van der Waals surface area contributed by atoms with E-state index in [0.717, 1.165) is 17.7 Å². The van der Waals surface area contributed by atoms with E-state index in [1.54, 1.807) is 18.5 Å². The van der Waals surface area contributed by atoms with Gasteiger partial charge in [0.15, 0.2) is 0 Å². The van der Waals surface area contributed by atoms with E-state index in [0.29, 0.717) is 11.5 Å². The lowest BCUT2D eigenvalue weighted by Crippen LogP contribution is -2.33. The van der Waals surface area contributed by atoms with Crippen LogP contribution >= 0.6 is 12.2 Å². The molecule has 0 fully saturated rings. The van der Waals surface area contributed by atoms with Crippen molar-refractivity contribution in [2.45, 2.75) is 13.3 Å². The molecule has 18 heavy (non-hydrogen) atoms. The van der Waals surface area contributed by atoms with Gasteiger partial charge in [0.05, 0.1) is 19.0 Å². The van der Waals surface area contributed by atoms with Crippen LogP contribution in [0.1, 0.15) is 18.9 Å². The third-order valence-corrected chi connectivity index (χ3v) is 2.67. The quantitative estimate of drug-likeness (QED) is 0.615. The Kier molecular flexibility index (Phi) is 5.51. The highest BCUT2D eigenvalue weighted by atomic mass is 32.1. The van der Waals surface area contributed by atoms with Crippen LogP contribution in [0.3, 0.4) is 0 Å². The number of aromatic nitrogens is 1. The molecule has 0 bridgehead atoms. The summed E-state index contributed by atoms with van der Waals surface area (Å²) in [5.74, 6) is -0.304. The molecule has 0 aromatic carbocycles. The zero-order valence-electron chi connectivity index (χ0n) is 10.5. The first-order chi connectivity index (χ1) is 8.60. The highest BCUT2D eigenvalue weighted by Gasteiger charge is 2.15. The number of methoxy groups -OCH3 is 1. The molecule has 6 heteroatoms. The molecule has 2 N–H and O–H groups in total. The first-order valence-electron chi connectivity index (χ1n) is 5.65. The van der Waals surface area contributed by atoms with Gasteiger partial charge in [0, 0.05) is 18.3 Å². The molecule has 0 aliphatic heterocycles. The van der Waals surface area contributed by atoms with Crippen LogP contribution in [0.25, 0.3) is 0 Å². The molecule has 98 valence electrons. The first-order valence-corrected chi connectivity index (χ1v) is 6.06. The standard InChI is InChI=1S/C12H17N3O2S/c1-3-6-15(8-11(16)17-2)10-7-14-5-4-9(10)12(13)18/h4-5,7H,3,6,8H2,1-2H3,(H2,13,18). The number of pyridine rings is 1. The largest absolute Gasteiger partial charge is 0.468 e. The topological polar surface area (TPSA) is 68.5 Å². The number of anilines is 1. The van der Waals surface area contributed by atoms with Gasteiger partial charge < -0.3 is 15.4 Å². The summed E-state index contributed by atoms with van der Waals surface area (Å²) in [6.07, 6.45) is 4.18. The van der Waals surface area contributed by atoms with Crippen molar-refractivity contribution in [2.75, 3.05) is 25.1 Å². The fraction of sp³-hybridized carbons (Fsp3) is 0.417. The maximum Gasteiger partial charge on any atom is 0.325 e. The van der Waals surface area contributed by atoms with Crippen LogP contribution in [0, 0.1) is 0 Å². The molecule has 0 saturated heterocycles. The number of esters is 1. The zero-order valence-corrected chi connectivity index (χ0v) is 11.4. The van der Waals surface area contributed by atoms with Gasteiger partial charge in [0.2, 0.25) is 0 Å². The molecule has 0 spiro atoms. The average molecular weight is 267 g/mol. The average Bonchev–Trinajstić information content (AvgIpc) is 2.38. The molecule has 1 aromatic heterocycles. The number of rotatable bonds is 6. The molecule has 0 aliphatic rings. The van der Waals surface area contributed by atoms with Crippen molar-refractivity contribution < 1.29 is 9.53 Å². The van der Waals surface area contributed by atoms with E-state index in [-0.39, 0.29) is 12.5 Å². The second kappa shape index (κ2) is 6.90. The van der Waals surface area contributed by atoms with Crippen molar-refractivity contribution >= 4 is 28.9 Å². The van der Waals surface area contributed by atoms with E-state index in [9.17, 15) is 4.79 Å². The summed E-state index contributed by atoms with van der Waals surface area (Å²) in [5.41, 5.74) is 7.15. The van der Waals surface area contributed by atoms with Gasteiger partial charge in [-0.3, -0.25) is 9.78 Å². The summed E-state index contributed by atoms with van der Waals surface area (Å²) in [5, 5.41) is 0. The normalized spacial score (nSPS) is 9.89. The lowest BCUT2D eigenvalue weighted by Gasteiger charge is -2.24. The van der Waals surface area contributed by atoms with Crippen molar-refractivity contribution in [3.63, 3.8) is 0 Å². The molecular weight excluding hydrogens is 250 g/mol. The predicted octanol–water partition coefficient (Wildman–Crippen LogP) is 1.11. The molecule has 1 rings (SSSR count). The smallest absolute Gasteiger partial charge is 0.325 e. The molecule has 5 nitrogen and oxygen atoms in total. The Morgan fingerprint density at radius 1 is 1.61 bits per heavy atom. The molecule has 0 aliphatic carbocycles. The van der Waals surface area contributed by atoms with Gasteiger partial charge in [-0.15, -0.1) is 0 Å². The van der Waals surface area contributed by atoms with Gasteiger partial charge in [-0.2, -0.15) is 0 Å². The Bertz CT molecular complexity index is 437. The highest BCUT2D eigenvalue weighted by molar-refractivity contribution is 7.80. The summed E-state index contributed by atoms with van der Waals surface area (Å²) >= 11 is 5.00. The van der Waals surface area contributed by atoms with Crippen molar-refractivity contribution in [3.8, 4) is 0 Å². The van der Waals surface area contributed by atoms with Crippen LogP contribution in [-0.4, -0.2) is 36.1 Å². The maximum atomic E-state index is 11.4. The Labute approximate surface area is 112 Å². The van der Waals surface area contributed by atoms with Gasteiger partial charge in [-0.1, -0.05) is 19.1 Å². The summed E-state index contributed by atoms with van der Waals surface area (Å²) in [7, 11) is 1.37. The second-order valence-electron chi connectivity index (χ2n) is 3.75. The monoisotopic (exact) mass is 267 g/mol. The number of ether oxygens (including phenoxy) is 1. The van der Waals surface area contributed by atoms with Crippen LogP contribution < -0.4 is 10.6 Å². The van der Waals surface area contributed by atoms with Crippen LogP contribution in [-0.2, 0) is 9.53 Å². The number of nitrogens with zero attached hydrogens (tertiary/aromatic N) is 2. The number of hydrogen-bond donors (Lipinski definition) is 1. The van der Waals surface area contributed by atoms with Gasteiger partial charge in [-0.25, -0.2) is 0 Å². The van der Waals surface area contributed by atoms with Crippen molar-refractivity contribution in [1.29, 1.82) is 0 Å². The molecule has 1 aromatic rings. The predicted molar refractivity (Wildman–Crippen MR) is 74.6 cm³/mol.